The number of fused-ring (bicyclic) bond motifs is 1. The minimum absolute atomic E-state index is 0.204. The van der Waals surface area contributed by atoms with E-state index in [0.29, 0.717) is 5.82 Å². The smallest absolute Gasteiger partial charge is 0.151 e. The van der Waals surface area contributed by atoms with Crippen LogP contribution in [0, 0.1) is 0 Å². The lowest BCUT2D eigenvalue weighted by Crippen LogP contribution is -2.16. The molecule has 5 heteroatoms. The fraction of sp³-hybridized carbons (Fsp3) is 0.333. The molecule has 0 radical (unpaired) electrons. The van der Waals surface area contributed by atoms with Gasteiger partial charge in [0, 0.05) is 0 Å². The molecule has 0 aliphatic carbocycles. The summed E-state index contributed by atoms with van der Waals surface area (Å²) in [5.41, 5.74) is 13.2. The molecular weight excluding hydrogens is 142 g/mol. The minimum Gasteiger partial charge on any atom is -0.382 e. The number of anilines is 2. The van der Waals surface area contributed by atoms with Gasteiger partial charge in [-0.1, -0.05) is 0 Å². The molecule has 0 saturated carbocycles. The third kappa shape index (κ3) is 0.813. The molecule has 1 aromatic rings. The summed E-state index contributed by atoms with van der Waals surface area (Å²) < 4.78 is 0. The average Bonchev–Trinajstić information content (AvgIpc) is 2.35. The van der Waals surface area contributed by atoms with Crippen LogP contribution in [0.1, 0.15) is 18.7 Å². The van der Waals surface area contributed by atoms with Crippen LogP contribution in [-0.2, 0) is 0 Å². The van der Waals surface area contributed by atoms with Crippen molar-refractivity contribution < 1.29 is 0 Å². The van der Waals surface area contributed by atoms with Gasteiger partial charge in [-0.15, -0.1) is 0 Å². The molecule has 1 unspecified atom stereocenters. The molecule has 1 aliphatic rings. The molecule has 11 heavy (non-hydrogen) atoms. The number of nitrogens with one attached hydrogen (secondary N) is 2. The van der Waals surface area contributed by atoms with Crippen LogP contribution >= 0.6 is 0 Å². The summed E-state index contributed by atoms with van der Waals surface area (Å²) in [6, 6.07) is 0.204. The molecule has 0 saturated heterocycles. The van der Waals surface area contributed by atoms with Crippen LogP contribution in [0.15, 0.2) is 6.33 Å². The SMILES string of the molecule is CC1NNc2c(N)ncnc21. The first-order chi connectivity index (χ1) is 5.29. The maximum Gasteiger partial charge on any atom is 0.151 e. The van der Waals surface area contributed by atoms with Crippen molar-refractivity contribution in [2.45, 2.75) is 13.0 Å². The molecular formula is C6H9N5. The second-order valence-corrected chi connectivity index (χ2v) is 2.51. The molecule has 0 spiro atoms. The van der Waals surface area contributed by atoms with E-state index >= 15 is 0 Å². The van der Waals surface area contributed by atoms with Gasteiger partial charge in [0.1, 0.15) is 12.0 Å². The molecule has 5 nitrogen and oxygen atoms in total. The Kier molecular flexibility index (Phi) is 1.19. The Bertz CT molecular complexity index is 284. The van der Waals surface area contributed by atoms with Gasteiger partial charge in [-0.2, -0.15) is 0 Å². The zero-order valence-electron chi connectivity index (χ0n) is 6.13. The quantitative estimate of drug-likeness (QED) is 0.488. The Morgan fingerprint density at radius 2 is 2.36 bits per heavy atom. The number of rotatable bonds is 0. The highest BCUT2D eigenvalue weighted by molar-refractivity contribution is 5.66. The lowest BCUT2D eigenvalue weighted by atomic mass is 10.2. The molecule has 0 fully saturated rings. The Morgan fingerprint density at radius 3 is 3.09 bits per heavy atom. The average molecular weight is 151 g/mol. The molecule has 0 aromatic carbocycles. The second-order valence-electron chi connectivity index (χ2n) is 2.51. The summed E-state index contributed by atoms with van der Waals surface area (Å²) >= 11 is 0. The van der Waals surface area contributed by atoms with E-state index < -0.39 is 0 Å². The van der Waals surface area contributed by atoms with Gasteiger partial charge in [0.15, 0.2) is 5.82 Å². The monoisotopic (exact) mass is 151 g/mol. The fourth-order valence-corrected chi connectivity index (χ4v) is 1.12. The Balaban J connectivity index is 2.57. The Labute approximate surface area is 64.0 Å². The standard InChI is InChI=1S/C6H9N5/c1-3-4-5(11-10-3)6(7)9-2-8-4/h2-3,10-11H,1H3,(H2,7,8,9). The molecule has 0 bridgehead atoms. The summed E-state index contributed by atoms with van der Waals surface area (Å²) in [6.07, 6.45) is 1.47. The normalized spacial score (nSPS) is 21.0. The predicted octanol–water partition coefficient (Wildman–Crippen LogP) is 0.0499. The van der Waals surface area contributed by atoms with E-state index in [4.69, 9.17) is 5.73 Å². The van der Waals surface area contributed by atoms with Gasteiger partial charge in [-0.05, 0) is 6.92 Å². The summed E-state index contributed by atoms with van der Waals surface area (Å²) in [5.74, 6) is 0.492. The van der Waals surface area contributed by atoms with Crippen molar-refractivity contribution in [3.63, 3.8) is 0 Å². The van der Waals surface area contributed by atoms with Crippen LogP contribution in [0.4, 0.5) is 11.5 Å². The van der Waals surface area contributed by atoms with E-state index in [1.165, 1.54) is 6.33 Å². The van der Waals surface area contributed by atoms with Gasteiger partial charge in [0.2, 0.25) is 0 Å². The molecule has 1 aromatic heterocycles. The van der Waals surface area contributed by atoms with Crippen molar-refractivity contribution >= 4 is 11.5 Å². The molecule has 1 aliphatic heterocycles. The van der Waals surface area contributed by atoms with E-state index in [9.17, 15) is 0 Å². The molecule has 0 amide bonds. The fourth-order valence-electron chi connectivity index (χ4n) is 1.12. The summed E-state index contributed by atoms with van der Waals surface area (Å²) in [7, 11) is 0. The lowest BCUT2D eigenvalue weighted by Gasteiger charge is -1.99. The highest BCUT2D eigenvalue weighted by Crippen LogP contribution is 2.28. The Hall–Kier alpha value is -1.36. The van der Waals surface area contributed by atoms with E-state index in [0.717, 1.165) is 11.4 Å². The van der Waals surface area contributed by atoms with E-state index in [1.807, 2.05) is 6.92 Å². The first kappa shape index (κ1) is 6.36. The second kappa shape index (κ2) is 2.06. The summed E-state index contributed by atoms with van der Waals surface area (Å²) in [6.45, 7) is 2.01. The van der Waals surface area contributed by atoms with Crippen LogP contribution < -0.4 is 16.6 Å². The topological polar surface area (TPSA) is 75.9 Å². The van der Waals surface area contributed by atoms with Crippen LogP contribution in [0.3, 0.4) is 0 Å². The van der Waals surface area contributed by atoms with E-state index in [1.54, 1.807) is 0 Å². The van der Waals surface area contributed by atoms with Crippen molar-refractivity contribution in [2.24, 2.45) is 0 Å². The maximum absolute atomic E-state index is 5.58. The number of nitrogens with zero attached hydrogens (tertiary/aromatic N) is 2. The molecule has 2 rings (SSSR count). The van der Waals surface area contributed by atoms with Crippen molar-refractivity contribution in [1.29, 1.82) is 0 Å². The predicted molar refractivity (Wildman–Crippen MR) is 41.6 cm³/mol. The number of nitrogen functional groups attached to an aromatic ring is 1. The van der Waals surface area contributed by atoms with E-state index in [-0.39, 0.29) is 6.04 Å². The maximum atomic E-state index is 5.58. The van der Waals surface area contributed by atoms with Gasteiger partial charge in [0.05, 0.1) is 11.7 Å². The van der Waals surface area contributed by atoms with E-state index in [2.05, 4.69) is 20.8 Å². The van der Waals surface area contributed by atoms with Gasteiger partial charge < -0.3 is 11.2 Å². The number of hydrazine groups is 1. The lowest BCUT2D eigenvalue weighted by molar-refractivity contribution is 0.671. The van der Waals surface area contributed by atoms with Gasteiger partial charge in [0.25, 0.3) is 0 Å². The molecule has 4 N–H and O–H groups in total. The van der Waals surface area contributed by atoms with Crippen molar-refractivity contribution in [2.75, 3.05) is 11.2 Å². The largest absolute Gasteiger partial charge is 0.382 e. The van der Waals surface area contributed by atoms with Crippen molar-refractivity contribution in [3.8, 4) is 0 Å². The van der Waals surface area contributed by atoms with Crippen LogP contribution in [0.5, 0.6) is 0 Å². The zero-order chi connectivity index (χ0) is 7.84. The number of aromatic nitrogens is 2. The molecule has 2 heterocycles. The third-order valence-electron chi connectivity index (χ3n) is 1.73. The third-order valence-corrected chi connectivity index (χ3v) is 1.73. The molecule has 1 atom stereocenters. The van der Waals surface area contributed by atoms with Gasteiger partial charge in [-0.25, -0.2) is 15.4 Å². The highest BCUT2D eigenvalue weighted by Gasteiger charge is 2.21. The zero-order valence-corrected chi connectivity index (χ0v) is 6.13. The van der Waals surface area contributed by atoms with Crippen molar-refractivity contribution in [3.05, 3.63) is 12.0 Å². The number of hydrogen-bond donors (Lipinski definition) is 3. The van der Waals surface area contributed by atoms with Crippen LogP contribution in [-0.4, -0.2) is 9.97 Å². The first-order valence-electron chi connectivity index (χ1n) is 3.41. The Morgan fingerprint density at radius 1 is 1.55 bits per heavy atom. The summed E-state index contributed by atoms with van der Waals surface area (Å²) in [4.78, 5) is 7.93. The highest BCUT2D eigenvalue weighted by atomic mass is 15.4. The van der Waals surface area contributed by atoms with Crippen LogP contribution in [0.25, 0.3) is 0 Å². The molecule has 58 valence electrons. The number of nitrogens with two attached hydrogens (primary N) is 1. The van der Waals surface area contributed by atoms with Crippen LogP contribution in [0.2, 0.25) is 0 Å². The first-order valence-corrected chi connectivity index (χ1v) is 3.41. The van der Waals surface area contributed by atoms with Gasteiger partial charge >= 0.3 is 0 Å². The van der Waals surface area contributed by atoms with Gasteiger partial charge in [-0.3, -0.25) is 0 Å². The van der Waals surface area contributed by atoms with Crippen molar-refractivity contribution in [1.82, 2.24) is 15.4 Å². The number of hydrogen-bond acceptors (Lipinski definition) is 5. The summed E-state index contributed by atoms with van der Waals surface area (Å²) in [5, 5.41) is 0. The minimum atomic E-state index is 0.204.